The molecule has 0 fully saturated rings. The summed E-state index contributed by atoms with van der Waals surface area (Å²) in [6, 6.07) is 11.2. The molecular formula is C14H11IN2O4. The summed E-state index contributed by atoms with van der Waals surface area (Å²) in [5.41, 5.74) is -0.0474. The van der Waals surface area contributed by atoms with Gasteiger partial charge in [0, 0.05) is 22.2 Å². The van der Waals surface area contributed by atoms with E-state index in [0.717, 1.165) is 3.57 Å². The molecule has 2 aromatic rings. The number of rotatable bonds is 4. The van der Waals surface area contributed by atoms with Crippen LogP contribution in [0.2, 0.25) is 0 Å². The first-order chi connectivity index (χ1) is 10.0. The molecule has 2 rings (SSSR count). The Bertz CT molecular complexity index is 686. The first kappa shape index (κ1) is 15.2. The second-order valence-electron chi connectivity index (χ2n) is 4.07. The number of nitrogens with zero attached hydrogens (tertiary/aromatic N) is 1. The fourth-order valence-corrected chi connectivity index (χ4v) is 2.02. The van der Waals surface area contributed by atoms with Crippen LogP contribution in [0, 0.1) is 13.7 Å². The maximum atomic E-state index is 11.5. The summed E-state index contributed by atoms with van der Waals surface area (Å²) in [5, 5.41) is 13.5. The quantitative estimate of drug-likeness (QED) is 0.487. The van der Waals surface area contributed by atoms with E-state index in [1.54, 1.807) is 12.1 Å². The van der Waals surface area contributed by atoms with Crippen LogP contribution in [0.3, 0.4) is 0 Å². The van der Waals surface area contributed by atoms with Gasteiger partial charge in [-0.05, 0) is 59.0 Å². The Labute approximate surface area is 134 Å². The zero-order chi connectivity index (χ0) is 15.4. The molecule has 7 heteroatoms. The maximum Gasteiger partial charge on any atom is 0.312 e. The summed E-state index contributed by atoms with van der Waals surface area (Å²) < 4.78 is 6.55. The van der Waals surface area contributed by atoms with E-state index >= 15 is 0 Å². The summed E-state index contributed by atoms with van der Waals surface area (Å²) in [4.78, 5) is 22.1. The van der Waals surface area contributed by atoms with Crippen LogP contribution in [-0.4, -0.2) is 17.9 Å². The third-order valence-electron chi connectivity index (χ3n) is 2.69. The fraction of sp³-hybridized carbons (Fsp3) is 0.0714. The Morgan fingerprint density at radius 3 is 2.48 bits per heavy atom. The summed E-state index contributed by atoms with van der Waals surface area (Å²) in [6.07, 6.45) is 0. The van der Waals surface area contributed by atoms with E-state index in [1.165, 1.54) is 25.2 Å². The summed E-state index contributed by atoms with van der Waals surface area (Å²) in [7, 11) is 1.46. The number of ether oxygens (including phenoxy) is 1. The number of nitro benzene ring substituents is 1. The number of hydrogen-bond donors (Lipinski definition) is 1. The zero-order valence-corrected chi connectivity index (χ0v) is 13.2. The highest BCUT2D eigenvalue weighted by molar-refractivity contribution is 14.1. The highest BCUT2D eigenvalue weighted by Gasteiger charge is 2.19. The number of carbonyl (C=O) groups excluding carboxylic acids is 1. The van der Waals surface area contributed by atoms with E-state index in [9.17, 15) is 14.9 Å². The van der Waals surface area contributed by atoms with Gasteiger partial charge in [-0.2, -0.15) is 0 Å². The Balaban J connectivity index is 2.36. The van der Waals surface area contributed by atoms with Crippen LogP contribution in [0.15, 0.2) is 42.5 Å². The first-order valence-corrected chi connectivity index (χ1v) is 7.03. The van der Waals surface area contributed by atoms with Gasteiger partial charge in [0.25, 0.3) is 5.91 Å². The van der Waals surface area contributed by atoms with Gasteiger partial charge in [-0.25, -0.2) is 0 Å². The third-order valence-corrected chi connectivity index (χ3v) is 3.41. The molecule has 2 aromatic carbocycles. The predicted octanol–water partition coefficient (Wildman–Crippen LogP) is 3.35. The van der Waals surface area contributed by atoms with Gasteiger partial charge in [-0.1, -0.05) is 0 Å². The molecule has 0 heterocycles. The van der Waals surface area contributed by atoms with Gasteiger partial charge >= 0.3 is 5.69 Å². The van der Waals surface area contributed by atoms with Crippen molar-refractivity contribution in [3.8, 4) is 11.5 Å². The van der Waals surface area contributed by atoms with Crippen molar-refractivity contribution in [2.45, 2.75) is 0 Å². The zero-order valence-electron chi connectivity index (χ0n) is 11.0. The van der Waals surface area contributed by atoms with Crippen molar-refractivity contribution in [3.63, 3.8) is 0 Å². The number of carbonyl (C=O) groups is 1. The number of hydrogen-bond acceptors (Lipinski definition) is 4. The van der Waals surface area contributed by atoms with E-state index < -0.39 is 4.92 Å². The second-order valence-corrected chi connectivity index (χ2v) is 5.32. The molecule has 0 aliphatic heterocycles. The standard InChI is InChI=1S/C14H11IN2O4/c1-16-14(18)9-2-7-13(12(8-9)17(19)20)21-11-5-3-10(15)4-6-11/h2-8H,1H3,(H,16,18). The normalized spacial score (nSPS) is 10.0. The third kappa shape index (κ3) is 3.69. The lowest BCUT2D eigenvalue weighted by Gasteiger charge is -2.07. The molecule has 0 bridgehead atoms. The minimum Gasteiger partial charge on any atom is -0.450 e. The van der Waals surface area contributed by atoms with Gasteiger partial charge in [-0.3, -0.25) is 14.9 Å². The van der Waals surface area contributed by atoms with E-state index in [2.05, 4.69) is 27.9 Å². The highest BCUT2D eigenvalue weighted by atomic mass is 127. The number of amides is 1. The van der Waals surface area contributed by atoms with E-state index in [4.69, 9.17) is 4.74 Å². The molecule has 0 saturated heterocycles. The minimum absolute atomic E-state index is 0.0915. The Morgan fingerprint density at radius 1 is 1.24 bits per heavy atom. The Morgan fingerprint density at radius 2 is 1.90 bits per heavy atom. The lowest BCUT2D eigenvalue weighted by molar-refractivity contribution is -0.385. The van der Waals surface area contributed by atoms with Crippen molar-refractivity contribution < 1.29 is 14.5 Å². The molecule has 0 atom stereocenters. The van der Waals surface area contributed by atoms with Crippen LogP contribution < -0.4 is 10.1 Å². The van der Waals surface area contributed by atoms with E-state index in [1.807, 2.05) is 12.1 Å². The molecule has 0 saturated carbocycles. The monoisotopic (exact) mass is 398 g/mol. The molecule has 21 heavy (non-hydrogen) atoms. The van der Waals surface area contributed by atoms with Crippen LogP contribution >= 0.6 is 22.6 Å². The highest BCUT2D eigenvalue weighted by Crippen LogP contribution is 2.32. The van der Waals surface area contributed by atoms with Crippen LogP contribution in [0.5, 0.6) is 11.5 Å². The van der Waals surface area contributed by atoms with Crippen molar-refractivity contribution in [2.75, 3.05) is 7.05 Å². The molecule has 0 aromatic heterocycles. The SMILES string of the molecule is CNC(=O)c1ccc(Oc2ccc(I)cc2)c([N+](=O)[O-])c1. The number of nitrogens with one attached hydrogen (secondary N) is 1. The molecule has 1 N–H and O–H groups in total. The van der Waals surface area contributed by atoms with Crippen LogP contribution in [0.1, 0.15) is 10.4 Å². The van der Waals surface area contributed by atoms with Crippen molar-refractivity contribution in [3.05, 3.63) is 61.7 Å². The smallest absolute Gasteiger partial charge is 0.312 e. The van der Waals surface area contributed by atoms with Gasteiger partial charge in [0.2, 0.25) is 5.75 Å². The van der Waals surface area contributed by atoms with Gasteiger partial charge in [0.15, 0.2) is 0 Å². The van der Waals surface area contributed by atoms with Crippen LogP contribution in [0.4, 0.5) is 5.69 Å². The van der Waals surface area contributed by atoms with Crippen molar-refractivity contribution >= 4 is 34.2 Å². The Hall–Kier alpha value is -2.16. The average molecular weight is 398 g/mol. The maximum absolute atomic E-state index is 11.5. The molecule has 0 spiro atoms. The molecule has 0 radical (unpaired) electrons. The molecular weight excluding hydrogens is 387 g/mol. The lowest BCUT2D eigenvalue weighted by Crippen LogP contribution is -2.17. The van der Waals surface area contributed by atoms with Crippen LogP contribution in [-0.2, 0) is 0 Å². The molecule has 0 unspecified atom stereocenters. The van der Waals surface area contributed by atoms with Crippen molar-refractivity contribution in [1.82, 2.24) is 5.32 Å². The topological polar surface area (TPSA) is 81.5 Å². The van der Waals surface area contributed by atoms with Gasteiger partial charge in [0.05, 0.1) is 4.92 Å². The van der Waals surface area contributed by atoms with Crippen molar-refractivity contribution in [2.24, 2.45) is 0 Å². The average Bonchev–Trinajstić information content (AvgIpc) is 2.49. The summed E-state index contributed by atoms with van der Waals surface area (Å²) in [6.45, 7) is 0. The molecule has 0 aliphatic carbocycles. The molecule has 6 nitrogen and oxygen atoms in total. The fourth-order valence-electron chi connectivity index (χ4n) is 1.66. The lowest BCUT2D eigenvalue weighted by atomic mass is 10.1. The number of nitro groups is 1. The van der Waals surface area contributed by atoms with Crippen LogP contribution in [0.25, 0.3) is 0 Å². The Kier molecular flexibility index (Phi) is 4.73. The molecule has 0 aliphatic rings. The van der Waals surface area contributed by atoms with Gasteiger partial charge in [-0.15, -0.1) is 0 Å². The largest absolute Gasteiger partial charge is 0.450 e. The van der Waals surface area contributed by atoms with E-state index in [-0.39, 0.29) is 22.9 Å². The molecule has 108 valence electrons. The first-order valence-electron chi connectivity index (χ1n) is 5.95. The molecule has 1 amide bonds. The van der Waals surface area contributed by atoms with Gasteiger partial charge in [0.1, 0.15) is 5.75 Å². The van der Waals surface area contributed by atoms with Gasteiger partial charge < -0.3 is 10.1 Å². The predicted molar refractivity (Wildman–Crippen MR) is 85.7 cm³/mol. The van der Waals surface area contributed by atoms with Crippen molar-refractivity contribution in [1.29, 1.82) is 0 Å². The van der Waals surface area contributed by atoms with E-state index in [0.29, 0.717) is 5.75 Å². The number of halogens is 1. The summed E-state index contributed by atoms with van der Waals surface area (Å²) >= 11 is 2.15. The number of benzene rings is 2. The second kappa shape index (κ2) is 6.53. The minimum atomic E-state index is -0.575. The summed E-state index contributed by atoms with van der Waals surface area (Å²) in [5.74, 6) is 0.194.